The number of nitrogens with zero attached hydrogens (tertiary/aromatic N) is 1. The third-order valence-corrected chi connectivity index (χ3v) is 6.06. The Balaban J connectivity index is 1.31. The van der Waals surface area contributed by atoms with Crippen LogP contribution in [0.1, 0.15) is 43.0 Å². The fraction of sp³-hybridized carbons (Fsp3) is 0.364. The number of amides is 1. The van der Waals surface area contributed by atoms with Crippen molar-refractivity contribution in [3.05, 3.63) is 52.8 Å². The number of aromatic amines is 1. The number of H-pyrrole nitrogens is 1. The molecule has 1 aromatic heterocycles. The molecule has 1 fully saturated rings. The molecule has 29 heavy (non-hydrogen) atoms. The van der Waals surface area contributed by atoms with E-state index in [1.54, 1.807) is 0 Å². The molecule has 7 heteroatoms. The Morgan fingerprint density at radius 2 is 2.00 bits per heavy atom. The van der Waals surface area contributed by atoms with Gasteiger partial charge < -0.3 is 19.8 Å². The van der Waals surface area contributed by atoms with Gasteiger partial charge in [0.15, 0.2) is 11.5 Å². The minimum Gasteiger partial charge on any atom is -0.454 e. The van der Waals surface area contributed by atoms with Crippen LogP contribution >= 0.6 is 11.6 Å². The Bertz CT molecular complexity index is 1060. The fourth-order valence-corrected chi connectivity index (χ4v) is 4.49. The summed E-state index contributed by atoms with van der Waals surface area (Å²) in [5, 5.41) is 3.78. The van der Waals surface area contributed by atoms with E-state index in [4.69, 9.17) is 26.1 Å². The molecule has 1 aliphatic carbocycles. The van der Waals surface area contributed by atoms with E-state index in [1.807, 2.05) is 36.4 Å². The van der Waals surface area contributed by atoms with E-state index in [9.17, 15) is 4.79 Å². The van der Waals surface area contributed by atoms with Crippen molar-refractivity contribution in [2.24, 2.45) is 5.92 Å². The molecule has 3 aromatic rings. The maximum atomic E-state index is 13.0. The Kier molecular flexibility index (Phi) is 4.79. The van der Waals surface area contributed by atoms with Crippen LogP contribution in [-0.2, 0) is 11.3 Å². The van der Waals surface area contributed by atoms with E-state index in [2.05, 4.69) is 10.3 Å². The summed E-state index contributed by atoms with van der Waals surface area (Å²) in [4.78, 5) is 21.2. The Labute approximate surface area is 173 Å². The van der Waals surface area contributed by atoms with Crippen LogP contribution in [0.3, 0.4) is 0 Å². The van der Waals surface area contributed by atoms with Gasteiger partial charge in [-0.25, -0.2) is 4.98 Å². The number of imidazole rings is 1. The number of carbonyl (C=O) groups is 1. The second-order valence-corrected chi connectivity index (χ2v) is 8.12. The summed E-state index contributed by atoms with van der Waals surface area (Å²) in [6.07, 6.45) is 3.99. The van der Waals surface area contributed by atoms with Crippen molar-refractivity contribution in [3.63, 3.8) is 0 Å². The average Bonchev–Trinajstić information content (AvgIpc) is 3.37. The lowest BCUT2D eigenvalue weighted by atomic mass is 9.78. The SMILES string of the molecule is O=C(NCc1ccc2c(c1)OCO2)C1CCCCC1c1nc2ccc(Cl)cc2[nH]1. The van der Waals surface area contributed by atoms with Gasteiger partial charge in [0.05, 0.1) is 11.0 Å². The lowest BCUT2D eigenvalue weighted by molar-refractivity contribution is -0.126. The largest absolute Gasteiger partial charge is 0.454 e. The first-order valence-electron chi connectivity index (χ1n) is 9.99. The first-order chi connectivity index (χ1) is 14.2. The number of carbonyl (C=O) groups excluding carboxylic acids is 1. The van der Waals surface area contributed by atoms with Gasteiger partial charge in [-0.3, -0.25) is 4.79 Å². The molecule has 0 radical (unpaired) electrons. The highest BCUT2D eigenvalue weighted by atomic mass is 35.5. The highest BCUT2D eigenvalue weighted by Crippen LogP contribution is 2.38. The van der Waals surface area contributed by atoms with E-state index < -0.39 is 0 Å². The van der Waals surface area contributed by atoms with Gasteiger partial charge in [0, 0.05) is 23.4 Å². The summed E-state index contributed by atoms with van der Waals surface area (Å²) in [6, 6.07) is 11.4. The van der Waals surface area contributed by atoms with Crippen molar-refractivity contribution in [2.75, 3.05) is 6.79 Å². The highest BCUT2D eigenvalue weighted by molar-refractivity contribution is 6.31. The first-order valence-corrected chi connectivity index (χ1v) is 10.4. The van der Waals surface area contributed by atoms with Gasteiger partial charge in [0.2, 0.25) is 12.7 Å². The van der Waals surface area contributed by atoms with Crippen molar-refractivity contribution in [2.45, 2.75) is 38.1 Å². The Hall–Kier alpha value is -2.73. The molecule has 0 bridgehead atoms. The van der Waals surface area contributed by atoms with Gasteiger partial charge in [0.25, 0.3) is 0 Å². The van der Waals surface area contributed by atoms with Gasteiger partial charge >= 0.3 is 0 Å². The standard InChI is InChI=1S/C22H22ClN3O3/c23-14-6-7-17-18(10-14)26-21(25-17)15-3-1-2-4-16(15)22(27)24-11-13-5-8-19-20(9-13)29-12-28-19/h5-10,15-16H,1-4,11-12H2,(H,24,27)(H,25,26). The zero-order valence-electron chi connectivity index (χ0n) is 15.9. The summed E-state index contributed by atoms with van der Waals surface area (Å²) in [7, 11) is 0. The summed E-state index contributed by atoms with van der Waals surface area (Å²) in [6.45, 7) is 0.714. The predicted molar refractivity (Wildman–Crippen MR) is 110 cm³/mol. The van der Waals surface area contributed by atoms with E-state index in [1.165, 1.54) is 0 Å². The molecule has 2 N–H and O–H groups in total. The molecule has 5 rings (SSSR count). The Morgan fingerprint density at radius 3 is 2.93 bits per heavy atom. The number of benzene rings is 2. The quantitative estimate of drug-likeness (QED) is 0.661. The maximum absolute atomic E-state index is 13.0. The normalized spacial score (nSPS) is 20.7. The number of fused-ring (bicyclic) bond motifs is 2. The topological polar surface area (TPSA) is 76.2 Å². The molecule has 2 aliphatic rings. The molecule has 150 valence electrons. The van der Waals surface area contributed by atoms with Crippen LogP contribution in [0, 0.1) is 5.92 Å². The summed E-state index contributed by atoms with van der Waals surface area (Å²) in [5.41, 5.74) is 2.79. The number of halogens is 1. The minimum absolute atomic E-state index is 0.0749. The van der Waals surface area contributed by atoms with Crippen LogP contribution < -0.4 is 14.8 Å². The number of hydrogen-bond acceptors (Lipinski definition) is 4. The van der Waals surface area contributed by atoms with Crippen LogP contribution in [-0.4, -0.2) is 22.7 Å². The molecule has 6 nitrogen and oxygen atoms in total. The van der Waals surface area contributed by atoms with Crippen molar-refractivity contribution < 1.29 is 14.3 Å². The highest BCUT2D eigenvalue weighted by Gasteiger charge is 2.34. The molecule has 1 saturated carbocycles. The van der Waals surface area contributed by atoms with Crippen LogP contribution in [0.25, 0.3) is 11.0 Å². The summed E-state index contributed by atoms with van der Waals surface area (Å²) in [5.74, 6) is 2.43. The number of rotatable bonds is 4. The first kappa shape index (κ1) is 18.3. The molecule has 1 aliphatic heterocycles. The van der Waals surface area contributed by atoms with Crippen LogP contribution in [0.15, 0.2) is 36.4 Å². The van der Waals surface area contributed by atoms with Crippen LogP contribution in [0.4, 0.5) is 0 Å². The van der Waals surface area contributed by atoms with Crippen LogP contribution in [0.2, 0.25) is 5.02 Å². The monoisotopic (exact) mass is 411 g/mol. The second-order valence-electron chi connectivity index (χ2n) is 7.69. The lowest BCUT2D eigenvalue weighted by Gasteiger charge is -2.29. The molecule has 0 saturated heterocycles. The third-order valence-electron chi connectivity index (χ3n) is 5.82. The zero-order chi connectivity index (χ0) is 19.8. The van der Waals surface area contributed by atoms with Crippen molar-refractivity contribution in [3.8, 4) is 11.5 Å². The van der Waals surface area contributed by atoms with E-state index >= 15 is 0 Å². The van der Waals surface area contributed by atoms with Gasteiger partial charge in [-0.05, 0) is 48.7 Å². The summed E-state index contributed by atoms with van der Waals surface area (Å²) < 4.78 is 10.8. The van der Waals surface area contributed by atoms with E-state index in [-0.39, 0.29) is 24.5 Å². The molecular formula is C22H22ClN3O3. The van der Waals surface area contributed by atoms with E-state index in [0.29, 0.717) is 11.6 Å². The number of ether oxygens (including phenoxy) is 2. The van der Waals surface area contributed by atoms with Crippen LogP contribution in [0.5, 0.6) is 11.5 Å². The van der Waals surface area contributed by atoms with Crippen molar-refractivity contribution >= 4 is 28.5 Å². The van der Waals surface area contributed by atoms with Gasteiger partial charge in [-0.15, -0.1) is 0 Å². The predicted octanol–water partition coefficient (Wildman–Crippen LogP) is 4.54. The zero-order valence-corrected chi connectivity index (χ0v) is 16.7. The van der Waals surface area contributed by atoms with Gasteiger partial charge in [-0.2, -0.15) is 0 Å². The molecule has 0 spiro atoms. The van der Waals surface area contributed by atoms with Crippen molar-refractivity contribution in [1.29, 1.82) is 0 Å². The number of nitrogens with one attached hydrogen (secondary N) is 2. The number of hydrogen-bond donors (Lipinski definition) is 2. The molecule has 2 unspecified atom stereocenters. The lowest BCUT2D eigenvalue weighted by Crippen LogP contribution is -2.35. The molecule has 2 heterocycles. The summed E-state index contributed by atoms with van der Waals surface area (Å²) >= 11 is 6.10. The van der Waals surface area contributed by atoms with Gasteiger partial charge in [-0.1, -0.05) is 30.5 Å². The second kappa shape index (κ2) is 7.59. The molecule has 2 aromatic carbocycles. The molecule has 1 amide bonds. The smallest absolute Gasteiger partial charge is 0.231 e. The van der Waals surface area contributed by atoms with Crippen molar-refractivity contribution in [1.82, 2.24) is 15.3 Å². The minimum atomic E-state index is -0.0891. The molecule has 2 atom stereocenters. The molecular weight excluding hydrogens is 390 g/mol. The maximum Gasteiger partial charge on any atom is 0.231 e. The van der Waals surface area contributed by atoms with E-state index in [0.717, 1.165) is 59.6 Å². The Morgan fingerprint density at radius 1 is 1.14 bits per heavy atom. The third kappa shape index (κ3) is 3.65. The number of aromatic nitrogens is 2. The van der Waals surface area contributed by atoms with Gasteiger partial charge in [0.1, 0.15) is 5.82 Å². The average molecular weight is 412 g/mol. The fourth-order valence-electron chi connectivity index (χ4n) is 4.32.